The van der Waals surface area contributed by atoms with E-state index in [1.54, 1.807) is 0 Å². The Morgan fingerprint density at radius 1 is 1.42 bits per heavy atom. The van der Waals surface area contributed by atoms with Gasteiger partial charge in [-0.25, -0.2) is 0 Å². The van der Waals surface area contributed by atoms with E-state index in [9.17, 15) is 4.79 Å². The van der Waals surface area contributed by atoms with E-state index in [0.717, 1.165) is 37.2 Å². The smallest absolute Gasteiger partial charge is 0.229 e. The Morgan fingerprint density at radius 3 is 2.89 bits per heavy atom. The van der Waals surface area contributed by atoms with Crippen molar-refractivity contribution in [3.8, 4) is 0 Å². The Bertz CT molecular complexity index is 426. The molecule has 1 amide bonds. The van der Waals surface area contributed by atoms with E-state index in [1.807, 2.05) is 38.4 Å². The van der Waals surface area contributed by atoms with Gasteiger partial charge in [-0.3, -0.25) is 4.79 Å². The van der Waals surface area contributed by atoms with E-state index in [0.29, 0.717) is 6.61 Å². The van der Waals surface area contributed by atoms with Crippen LogP contribution in [0.5, 0.6) is 0 Å². The van der Waals surface area contributed by atoms with Gasteiger partial charge in [0.15, 0.2) is 0 Å². The number of amides is 1. The molecule has 1 fully saturated rings. The number of carbonyl (C=O) groups excluding carboxylic acids is 1. The molecule has 0 aliphatic carbocycles. The van der Waals surface area contributed by atoms with E-state index in [1.165, 1.54) is 0 Å². The number of para-hydroxylation sites is 1. The molecule has 0 radical (unpaired) electrons. The fraction of sp³-hybridized carbons (Fsp3) is 0.533. The van der Waals surface area contributed by atoms with E-state index in [-0.39, 0.29) is 11.8 Å². The number of carbonyl (C=O) groups is 1. The highest BCUT2D eigenvalue weighted by molar-refractivity contribution is 5.93. The number of anilines is 1. The van der Waals surface area contributed by atoms with Crippen molar-refractivity contribution in [3.63, 3.8) is 0 Å². The predicted octanol–water partition coefficient (Wildman–Crippen LogP) is 2.11. The molecule has 1 aliphatic rings. The molecule has 0 unspecified atom stereocenters. The molecule has 104 valence electrons. The van der Waals surface area contributed by atoms with Crippen LogP contribution in [0, 0.1) is 5.92 Å². The van der Waals surface area contributed by atoms with Crippen LogP contribution in [-0.4, -0.2) is 38.1 Å². The average Bonchev–Trinajstić information content (AvgIpc) is 2.41. The van der Waals surface area contributed by atoms with Crippen molar-refractivity contribution in [2.24, 2.45) is 5.92 Å². The van der Waals surface area contributed by atoms with Gasteiger partial charge in [0.25, 0.3) is 0 Å². The largest absolute Gasteiger partial charge is 0.381 e. The van der Waals surface area contributed by atoms with Crippen LogP contribution in [0.1, 0.15) is 18.4 Å². The van der Waals surface area contributed by atoms with Crippen molar-refractivity contribution >= 4 is 11.6 Å². The molecule has 0 saturated carbocycles. The number of hydrogen-bond acceptors (Lipinski definition) is 3. The summed E-state index contributed by atoms with van der Waals surface area (Å²) >= 11 is 0. The molecule has 1 heterocycles. The summed E-state index contributed by atoms with van der Waals surface area (Å²) in [6.07, 6.45) is 1.89. The second-order valence-electron chi connectivity index (χ2n) is 5.30. The molecule has 1 aromatic carbocycles. The van der Waals surface area contributed by atoms with Crippen molar-refractivity contribution in [1.82, 2.24) is 4.90 Å². The third-order valence-electron chi connectivity index (χ3n) is 3.29. The fourth-order valence-electron chi connectivity index (χ4n) is 2.30. The van der Waals surface area contributed by atoms with Gasteiger partial charge in [-0.1, -0.05) is 18.2 Å². The summed E-state index contributed by atoms with van der Waals surface area (Å²) in [6, 6.07) is 7.96. The first kappa shape index (κ1) is 14.0. The molecule has 19 heavy (non-hydrogen) atoms. The topological polar surface area (TPSA) is 41.6 Å². The van der Waals surface area contributed by atoms with Gasteiger partial charge in [-0.2, -0.15) is 0 Å². The van der Waals surface area contributed by atoms with Crippen LogP contribution >= 0.6 is 0 Å². The van der Waals surface area contributed by atoms with Gasteiger partial charge in [-0.15, -0.1) is 0 Å². The zero-order valence-electron chi connectivity index (χ0n) is 11.7. The lowest BCUT2D eigenvalue weighted by Gasteiger charge is -2.22. The summed E-state index contributed by atoms with van der Waals surface area (Å²) in [5.41, 5.74) is 2.05. The van der Waals surface area contributed by atoms with E-state index in [4.69, 9.17) is 4.74 Å². The molecule has 1 saturated heterocycles. The van der Waals surface area contributed by atoms with Crippen LogP contribution in [0.4, 0.5) is 5.69 Å². The van der Waals surface area contributed by atoms with Crippen LogP contribution in [0.25, 0.3) is 0 Å². The van der Waals surface area contributed by atoms with Gasteiger partial charge in [0.2, 0.25) is 5.91 Å². The van der Waals surface area contributed by atoms with Gasteiger partial charge in [0.1, 0.15) is 0 Å². The monoisotopic (exact) mass is 262 g/mol. The lowest BCUT2D eigenvalue weighted by atomic mass is 10.0. The summed E-state index contributed by atoms with van der Waals surface area (Å²) in [7, 11) is 4.04. The molecule has 4 heteroatoms. The summed E-state index contributed by atoms with van der Waals surface area (Å²) in [5.74, 6) is 0.0621. The van der Waals surface area contributed by atoms with Crippen LogP contribution < -0.4 is 5.32 Å². The number of ether oxygens (including phenoxy) is 1. The highest BCUT2D eigenvalue weighted by Gasteiger charge is 2.22. The minimum absolute atomic E-state index is 0.0128. The summed E-state index contributed by atoms with van der Waals surface area (Å²) in [6.45, 7) is 2.14. The van der Waals surface area contributed by atoms with Crippen molar-refractivity contribution in [1.29, 1.82) is 0 Å². The number of benzene rings is 1. The number of hydrogen-bond donors (Lipinski definition) is 1. The Balaban J connectivity index is 2.03. The maximum atomic E-state index is 12.2. The zero-order chi connectivity index (χ0) is 13.7. The minimum atomic E-state index is -0.0128. The summed E-state index contributed by atoms with van der Waals surface area (Å²) in [4.78, 5) is 14.3. The average molecular weight is 262 g/mol. The van der Waals surface area contributed by atoms with Gasteiger partial charge in [0, 0.05) is 18.8 Å². The second-order valence-corrected chi connectivity index (χ2v) is 5.30. The third kappa shape index (κ3) is 4.04. The highest BCUT2D eigenvalue weighted by Crippen LogP contribution is 2.20. The quantitative estimate of drug-likeness (QED) is 0.903. The lowest BCUT2D eigenvalue weighted by Crippen LogP contribution is -2.30. The van der Waals surface area contributed by atoms with Gasteiger partial charge < -0.3 is 15.0 Å². The number of nitrogens with zero attached hydrogens (tertiary/aromatic N) is 1. The van der Waals surface area contributed by atoms with Crippen LogP contribution in [0.15, 0.2) is 24.3 Å². The summed E-state index contributed by atoms with van der Waals surface area (Å²) < 4.78 is 5.37. The molecule has 0 bridgehead atoms. The number of nitrogens with one attached hydrogen (secondary N) is 1. The maximum absolute atomic E-state index is 12.2. The zero-order valence-corrected chi connectivity index (χ0v) is 11.7. The van der Waals surface area contributed by atoms with E-state index >= 15 is 0 Å². The molecule has 0 aromatic heterocycles. The van der Waals surface area contributed by atoms with E-state index < -0.39 is 0 Å². The van der Waals surface area contributed by atoms with Crippen molar-refractivity contribution < 1.29 is 9.53 Å². The van der Waals surface area contributed by atoms with Gasteiger partial charge in [-0.05, 0) is 38.6 Å². The second kappa shape index (κ2) is 6.68. The molecular weight excluding hydrogens is 240 g/mol. The maximum Gasteiger partial charge on any atom is 0.229 e. The lowest BCUT2D eigenvalue weighted by molar-refractivity contribution is -0.123. The SMILES string of the molecule is CN(C)Cc1ccccc1NC(=O)[C@@H]1CCCOC1. The molecule has 0 spiro atoms. The highest BCUT2D eigenvalue weighted by atomic mass is 16.5. The first-order valence-electron chi connectivity index (χ1n) is 6.78. The van der Waals surface area contributed by atoms with E-state index in [2.05, 4.69) is 10.2 Å². The fourth-order valence-corrected chi connectivity index (χ4v) is 2.30. The normalized spacial score (nSPS) is 19.4. The first-order valence-corrected chi connectivity index (χ1v) is 6.78. The van der Waals surface area contributed by atoms with Crippen molar-refractivity contribution in [2.45, 2.75) is 19.4 Å². The molecule has 1 N–H and O–H groups in total. The van der Waals surface area contributed by atoms with Crippen molar-refractivity contribution in [3.05, 3.63) is 29.8 Å². The van der Waals surface area contributed by atoms with Crippen molar-refractivity contribution in [2.75, 3.05) is 32.6 Å². The molecule has 1 atom stereocenters. The summed E-state index contributed by atoms with van der Waals surface area (Å²) in [5, 5.41) is 3.04. The molecule has 2 rings (SSSR count). The minimum Gasteiger partial charge on any atom is -0.381 e. The molecule has 4 nitrogen and oxygen atoms in total. The Labute approximate surface area is 114 Å². The number of rotatable bonds is 4. The third-order valence-corrected chi connectivity index (χ3v) is 3.29. The first-order chi connectivity index (χ1) is 9.16. The van der Waals surface area contributed by atoms with Gasteiger partial charge >= 0.3 is 0 Å². The molecular formula is C15H22N2O2. The molecule has 1 aromatic rings. The Morgan fingerprint density at radius 2 is 2.21 bits per heavy atom. The van der Waals surface area contributed by atoms with Crippen LogP contribution in [-0.2, 0) is 16.1 Å². The van der Waals surface area contributed by atoms with Crippen LogP contribution in [0.3, 0.4) is 0 Å². The standard InChI is InChI=1S/C15H22N2O2/c1-17(2)10-12-6-3-4-8-14(12)16-15(18)13-7-5-9-19-11-13/h3-4,6,8,13H,5,7,9-11H2,1-2H3,(H,16,18)/t13-/m1/s1. The Kier molecular flexibility index (Phi) is 4.93. The van der Waals surface area contributed by atoms with Gasteiger partial charge in [0.05, 0.1) is 12.5 Å². The van der Waals surface area contributed by atoms with Crippen LogP contribution in [0.2, 0.25) is 0 Å². The Hall–Kier alpha value is -1.39. The predicted molar refractivity (Wildman–Crippen MR) is 76.0 cm³/mol. The molecule has 1 aliphatic heterocycles.